The van der Waals surface area contributed by atoms with Crippen LogP contribution >= 0.6 is 11.8 Å². The van der Waals surface area contributed by atoms with Crippen molar-refractivity contribution >= 4 is 11.8 Å². The molecule has 0 amide bonds. The summed E-state index contributed by atoms with van der Waals surface area (Å²) in [6.07, 6.45) is 1.84. The van der Waals surface area contributed by atoms with Gasteiger partial charge in [-0.1, -0.05) is 12.1 Å². The fourth-order valence-corrected chi connectivity index (χ4v) is 3.66. The number of hydrogen-bond acceptors (Lipinski definition) is 3. The summed E-state index contributed by atoms with van der Waals surface area (Å²) in [4.78, 5) is 2.27. The van der Waals surface area contributed by atoms with Crippen molar-refractivity contribution in [1.29, 1.82) is 0 Å². The number of hydrogen-bond donors (Lipinski definition) is 1. The quantitative estimate of drug-likeness (QED) is 0.902. The van der Waals surface area contributed by atoms with Crippen LogP contribution in [0.4, 0.5) is 8.78 Å². The lowest BCUT2D eigenvalue weighted by Gasteiger charge is -2.25. The maximum Gasteiger partial charge on any atom is 0.163 e. The van der Waals surface area contributed by atoms with Crippen LogP contribution in [-0.2, 0) is 0 Å². The second kappa shape index (κ2) is 6.68. The van der Waals surface area contributed by atoms with E-state index in [9.17, 15) is 8.78 Å². The van der Waals surface area contributed by atoms with Crippen LogP contribution in [0.2, 0.25) is 0 Å². The number of nitrogens with zero attached hydrogens (tertiary/aromatic N) is 1. The maximum atomic E-state index is 13.6. The van der Waals surface area contributed by atoms with Crippen molar-refractivity contribution in [3.8, 4) is 0 Å². The molecule has 1 aromatic carbocycles. The maximum absolute atomic E-state index is 13.6. The molecule has 2 atom stereocenters. The van der Waals surface area contributed by atoms with Gasteiger partial charge in [-0.2, -0.15) is 11.8 Å². The third-order valence-electron chi connectivity index (χ3n) is 3.70. The van der Waals surface area contributed by atoms with Gasteiger partial charge < -0.3 is 10.6 Å². The van der Waals surface area contributed by atoms with Gasteiger partial charge in [0, 0.05) is 23.4 Å². The van der Waals surface area contributed by atoms with E-state index < -0.39 is 17.7 Å². The summed E-state index contributed by atoms with van der Waals surface area (Å²) in [7, 11) is 2.07. The predicted molar refractivity (Wildman–Crippen MR) is 76.3 cm³/mol. The molecule has 5 heteroatoms. The van der Waals surface area contributed by atoms with Gasteiger partial charge in [0.25, 0.3) is 0 Å². The Labute approximate surface area is 117 Å². The van der Waals surface area contributed by atoms with E-state index in [1.165, 1.54) is 18.2 Å². The molecule has 0 saturated carbocycles. The molecule has 1 aromatic rings. The molecule has 0 radical (unpaired) electrons. The summed E-state index contributed by atoms with van der Waals surface area (Å²) in [5.41, 5.74) is 6.25. The van der Waals surface area contributed by atoms with Crippen molar-refractivity contribution in [1.82, 2.24) is 4.90 Å². The van der Waals surface area contributed by atoms with Crippen molar-refractivity contribution in [2.45, 2.75) is 24.9 Å². The normalized spacial score (nSPS) is 21.0. The summed E-state index contributed by atoms with van der Waals surface area (Å²) in [6, 6.07) is 4.33. The molecule has 106 valence electrons. The molecule has 2 N–H and O–H groups in total. The minimum atomic E-state index is -0.825. The monoisotopic (exact) mass is 286 g/mol. The molecule has 2 unspecified atom stereocenters. The number of thioether (sulfide) groups is 1. The van der Waals surface area contributed by atoms with Gasteiger partial charge >= 0.3 is 0 Å². The fourth-order valence-electron chi connectivity index (χ4n) is 2.36. The van der Waals surface area contributed by atoms with Crippen LogP contribution in [0.3, 0.4) is 0 Å². The number of benzene rings is 1. The van der Waals surface area contributed by atoms with Crippen molar-refractivity contribution < 1.29 is 8.78 Å². The van der Waals surface area contributed by atoms with Crippen LogP contribution in [0.25, 0.3) is 0 Å². The van der Waals surface area contributed by atoms with E-state index in [0.29, 0.717) is 12.5 Å². The molecule has 19 heavy (non-hydrogen) atoms. The summed E-state index contributed by atoms with van der Waals surface area (Å²) in [5, 5.41) is 0. The Hall–Kier alpha value is -0.650. The highest BCUT2D eigenvalue weighted by Gasteiger charge is 2.21. The lowest BCUT2D eigenvalue weighted by molar-refractivity contribution is 0.252. The molecular formula is C14H20F2N2S. The van der Waals surface area contributed by atoms with Gasteiger partial charge in [0.1, 0.15) is 0 Å². The molecule has 2 nitrogen and oxygen atoms in total. The second-order valence-electron chi connectivity index (χ2n) is 5.04. The smallest absolute Gasteiger partial charge is 0.163 e. The number of nitrogens with two attached hydrogens (primary N) is 1. The van der Waals surface area contributed by atoms with Gasteiger partial charge in [-0.05, 0) is 38.3 Å². The van der Waals surface area contributed by atoms with Crippen LogP contribution in [0, 0.1) is 11.6 Å². The zero-order valence-electron chi connectivity index (χ0n) is 11.1. The topological polar surface area (TPSA) is 29.3 Å². The van der Waals surface area contributed by atoms with E-state index >= 15 is 0 Å². The zero-order chi connectivity index (χ0) is 13.8. The summed E-state index contributed by atoms with van der Waals surface area (Å²) < 4.78 is 26.7. The van der Waals surface area contributed by atoms with Crippen molar-refractivity contribution in [2.75, 3.05) is 25.1 Å². The first-order chi connectivity index (χ1) is 9.09. The highest BCUT2D eigenvalue weighted by Crippen LogP contribution is 2.24. The van der Waals surface area contributed by atoms with Crippen molar-refractivity contribution in [3.63, 3.8) is 0 Å². The van der Waals surface area contributed by atoms with Crippen molar-refractivity contribution in [2.24, 2.45) is 5.73 Å². The first-order valence-electron chi connectivity index (χ1n) is 6.57. The van der Waals surface area contributed by atoms with Gasteiger partial charge in [-0.25, -0.2) is 8.78 Å². The fraction of sp³-hybridized carbons (Fsp3) is 0.571. The zero-order valence-corrected chi connectivity index (χ0v) is 11.9. The molecule has 1 heterocycles. The Morgan fingerprint density at radius 1 is 1.47 bits per heavy atom. The molecule has 0 aliphatic carbocycles. The molecule has 1 aliphatic rings. The van der Waals surface area contributed by atoms with Crippen LogP contribution in [-0.4, -0.2) is 36.0 Å². The standard InChI is InChI=1S/C14H20F2N2S/c1-18(10-6-8-19-9-10)7-5-13(17)11-3-2-4-12(15)14(11)16/h2-4,10,13H,5-9,17H2,1H3. The Morgan fingerprint density at radius 2 is 2.26 bits per heavy atom. The minimum Gasteiger partial charge on any atom is -0.324 e. The Balaban J connectivity index is 1.90. The van der Waals surface area contributed by atoms with E-state index in [1.54, 1.807) is 6.07 Å². The summed E-state index contributed by atoms with van der Waals surface area (Å²) in [6.45, 7) is 0.808. The van der Waals surface area contributed by atoms with E-state index in [1.807, 2.05) is 11.8 Å². The van der Waals surface area contributed by atoms with Gasteiger partial charge in [0.05, 0.1) is 0 Å². The van der Waals surface area contributed by atoms with Crippen LogP contribution in [0.1, 0.15) is 24.4 Å². The second-order valence-corrected chi connectivity index (χ2v) is 6.19. The van der Waals surface area contributed by atoms with Gasteiger partial charge in [0.15, 0.2) is 11.6 Å². The van der Waals surface area contributed by atoms with Gasteiger partial charge in [-0.15, -0.1) is 0 Å². The summed E-state index contributed by atoms with van der Waals surface area (Å²) >= 11 is 1.96. The molecule has 0 bridgehead atoms. The van der Waals surface area contributed by atoms with Crippen LogP contribution < -0.4 is 5.73 Å². The minimum absolute atomic E-state index is 0.272. The highest BCUT2D eigenvalue weighted by atomic mass is 32.2. The van der Waals surface area contributed by atoms with Gasteiger partial charge in [-0.3, -0.25) is 0 Å². The molecule has 2 rings (SSSR count). The lowest BCUT2D eigenvalue weighted by atomic mass is 10.0. The highest BCUT2D eigenvalue weighted by molar-refractivity contribution is 7.99. The molecule has 1 aliphatic heterocycles. The third-order valence-corrected chi connectivity index (χ3v) is 4.85. The summed E-state index contributed by atoms with van der Waals surface area (Å²) in [5.74, 6) is 0.724. The first kappa shape index (κ1) is 14.8. The molecular weight excluding hydrogens is 266 g/mol. The Morgan fingerprint density at radius 3 is 2.95 bits per heavy atom. The van der Waals surface area contributed by atoms with Crippen LogP contribution in [0.15, 0.2) is 18.2 Å². The van der Waals surface area contributed by atoms with E-state index in [2.05, 4.69) is 11.9 Å². The van der Waals surface area contributed by atoms with Gasteiger partial charge in [0.2, 0.25) is 0 Å². The molecule has 0 aromatic heterocycles. The average molecular weight is 286 g/mol. The third kappa shape index (κ3) is 3.68. The first-order valence-corrected chi connectivity index (χ1v) is 7.72. The molecule has 0 spiro atoms. The van der Waals surface area contributed by atoms with E-state index in [-0.39, 0.29) is 5.56 Å². The largest absolute Gasteiger partial charge is 0.324 e. The predicted octanol–water partition coefficient (Wildman–Crippen LogP) is 2.79. The lowest BCUT2D eigenvalue weighted by Crippen LogP contribution is -2.33. The Kier molecular flexibility index (Phi) is 5.19. The van der Waals surface area contributed by atoms with E-state index in [0.717, 1.165) is 18.4 Å². The Bertz CT molecular complexity index is 422. The number of halogens is 2. The van der Waals surface area contributed by atoms with Crippen LogP contribution in [0.5, 0.6) is 0 Å². The SMILES string of the molecule is CN(CCC(N)c1cccc(F)c1F)C1CCSC1. The van der Waals surface area contributed by atoms with E-state index in [4.69, 9.17) is 5.73 Å². The van der Waals surface area contributed by atoms with Crippen molar-refractivity contribution in [3.05, 3.63) is 35.4 Å². The molecule has 1 fully saturated rings. The average Bonchev–Trinajstić information content (AvgIpc) is 2.93. The number of rotatable bonds is 5. The molecule has 1 saturated heterocycles.